The zero-order valence-electron chi connectivity index (χ0n) is 14.0. The number of hydrogen-bond acceptors (Lipinski definition) is 4. The predicted octanol–water partition coefficient (Wildman–Crippen LogP) is 3.50. The number of Topliss-reactive ketones (excluding diaryl/α,β-unsaturated/α-hetero) is 1. The van der Waals surface area contributed by atoms with Crippen molar-refractivity contribution in [3.8, 4) is 5.75 Å². The quantitative estimate of drug-likeness (QED) is 0.645. The molecule has 1 aliphatic heterocycles. The Hall–Kier alpha value is -1.55. The van der Waals surface area contributed by atoms with Gasteiger partial charge < -0.3 is 10.5 Å². The first-order valence-corrected chi connectivity index (χ1v) is 8.35. The fraction of sp³-hybridized carbons (Fsp3) is 0.611. The van der Waals surface area contributed by atoms with Crippen LogP contribution in [0.2, 0.25) is 0 Å². The van der Waals surface area contributed by atoms with Crippen LogP contribution < -0.4 is 10.5 Å². The Morgan fingerprint density at radius 1 is 1.41 bits per heavy atom. The lowest BCUT2D eigenvalue weighted by molar-refractivity contribution is 0.0611. The van der Waals surface area contributed by atoms with Crippen LogP contribution in [-0.2, 0) is 0 Å². The van der Waals surface area contributed by atoms with E-state index in [9.17, 15) is 4.79 Å². The van der Waals surface area contributed by atoms with E-state index < -0.39 is 0 Å². The largest absolute Gasteiger partial charge is 0.495 e. The van der Waals surface area contributed by atoms with Crippen LogP contribution in [0.25, 0.3) is 0 Å². The first kappa shape index (κ1) is 16.8. The number of carbonyl (C=O) groups excluding carboxylic acids is 1. The SMILES string of the molecule is CCC1CCCCN1C(CC)C(=O)c1ccc(OC)c(N)c1. The fourth-order valence-electron chi connectivity index (χ4n) is 3.52. The van der Waals surface area contributed by atoms with Gasteiger partial charge in [0.05, 0.1) is 18.8 Å². The first-order valence-electron chi connectivity index (χ1n) is 8.35. The number of ether oxygens (including phenoxy) is 1. The minimum atomic E-state index is -0.0435. The second-order valence-corrected chi connectivity index (χ2v) is 6.04. The molecule has 1 fully saturated rings. The van der Waals surface area contributed by atoms with Gasteiger partial charge in [-0.15, -0.1) is 0 Å². The molecule has 2 unspecified atom stereocenters. The molecule has 0 spiro atoms. The smallest absolute Gasteiger partial charge is 0.180 e. The van der Waals surface area contributed by atoms with Crippen molar-refractivity contribution < 1.29 is 9.53 Å². The van der Waals surface area contributed by atoms with Crippen LogP contribution in [-0.4, -0.2) is 36.4 Å². The number of benzene rings is 1. The molecular formula is C18H28N2O2. The summed E-state index contributed by atoms with van der Waals surface area (Å²) in [7, 11) is 1.58. The van der Waals surface area contributed by atoms with Gasteiger partial charge >= 0.3 is 0 Å². The summed E-state index contributed by atoms with van der Waals surface area (Å²) in [5, 5.41) is 0. The average Bonchev–Trinajstić information content (AvgIpc) is 2.55. The van der Waals surface area contributed by atoms with Gasteiger partial charge in [-0.1, -0.05) is 20.3 Å². The van der Waals surface area contributed by atoms with Gasteiger partial charge in [0.15, 0.2) is 5.78 Å². The van der Waals surface area contributed by atoms with E-state index in [1.165, 1.54) is 19.3 Å². The van der Waals surface area contributed by atoms with Gasteiger partial charge in [0, 0.05) is 11.6 Å². The van der Waals surface area contributed by atoms with E-state index >= 15 is 0 Å². The monoisotopic (exact) mass is 304 g/mol. The molecule has 122 valence electrons. The lowest BCUT2D eigenvalue weighted by atomic mass is 9.93. The third kappa shape index (κ3) is 3.43. The minimum absolute atomic E-state index is 0.0435. The molecule has 2 rings (SSSR count). The molecule has 4 heteroatoms. The van der Waals surface area contributed by atoms with Gasteiger partial charge in [0.25, 0.3) is 0 Å². The van der Waals surface area contributed by atoms with Crippen molar-refractivity contribution in [1.29, 1.82) is 0 Å². The van der Waals surface area contributed by atoms with Crippen molar-refractivity contribution in [3.63, 3.8) is 0 Å². The standard InChI is InChI=1S/C18H28N2O2/c1-4-14-8-6-7-11-20(14)16(5-2)18(21)13-9-10-17(22-3)15(19)12-13/h9-10,12,14,16H,4-8,11,19H2,1-3H3. The van der Waals surface area contributed by atoms with Gasteiger partial charge in [-0.3, -0.25) is 9.69 Å². The highest BCUT2D eigenvalue weighted by molar-refractivity contribution is 6.01. The van der Waals surface area contributed by atoms with Crippen LogP contribution in [0.15, 0.2) is 18.2 Å². The molecule has 0 amide bonds. The Balaban J connectivity index is 2.22. The van der Waals surface area contributed by atoms with Crippen LogP contribution in [0, 0.1) is 0 Å². The molecule has 1 aromatic carbocycles. The van der Waals surface area contributed by atoms with E-state index in [1.54, 1.807) is 19.2 Å². The number of likely N-dealkylation sites (tertiary alicyclic amines) is 1. The van der Waals surface area contributed by atoms with Gasteiger partial charge in [-0.2, -0.15) is 0 Å². The first-order chi connectivity index (χ1) is 10.6. The molecule has 0 aliphatic carbocycles. The maximum Gasteiger partial charge on any atom is 0.180 e. The Bertz CT molecular complexity index is 516. The number of nitrogen functional groups attached to an aromatic ring is 1. The number of hydrogen-bond donors (Lipinski definition) is 1. The molecule has 0 radical (unpaired) electrons. The van der Waals surface area contributed by atoms with E-state index in [-0.39, 0.29) is 11.8 Å². The lowest BCUT2D eigenvalue weighted by Crippen LogP contribution is -2.49. The normalized spacial score (nSPS) is 20.6. The Morgan fingerprint density at radius 2 is 2.18 bits per heavy atom. The third-order valence-corrected chi connectivity index (χ3v) is 4.75. The Morgan fingerprint density at radius 3 is 2.77 bits per heavy atom. The molecule has 0 aromatic heterocycles. The van der Waals surface area contributed by atoms with Gasteiger partial charge in [-0.25, -0.2) is 0 Å². The van der Waals surface area contributed by atoms with Crippen LogP contribution >= 0.6 is 0 Å². The zero-order chi connectivity index (χ0) is 16.1. The zero-order valence-corrected chi connectivity index (χ0v) is 14.0. The summed E-state index contributed by atoms with van der Waals surface area (Å²) in [6, 6.07) is 5.83. The highest BCUT2D eigenvalue weighted by Crippen LogP contribution is 2.27. The second kappa shape index (κ2) is 7.63. The summed E-state index contributed by atoms with van der Waals surface area (Å²) in [6.45, 7) is 5.33. The van der Waals surface area contributed by atoms with Crippen molar-refractivity contribution in [2.75, 3.05) is 19.4 Å². The number of piperidine rings is 1. The predicted molar refractivity (Wildman–Crippen MR) is 90.5 cm³/mol. The van der Waals surface area contributed by atoms with Gasteiger partial charge in [0.2, 0.25) is 0 Å². The van der Waals surface area contributed by atoms with Crippen LogP contribution in [0.3, 0.4) is 0 Å². The van der Waals surface area contributed by atoms with Crippen molar-refractivity contribution >= 4 is 11.5 Å². The molecule has 1 aliphatic rings. The summed E-state index contributed by atoms with van der Waals surface area (Å²) >= 11 is 0. The molecule has 1 aromatic rings. The van der Waals surface area contributed by atoms with E-state index in [2.05, 4.69) is 18.7 Å². The molecule has 4 nitrogen and oxygen atoms in total. The highest BCUT2D eigenvalue weighted by Gasteiger charge is 2.31. The van der Waals surface area contributed by atoms with Crippen LogP contribution in [0.5, 0.6) is 5.75 Å². The fourth-order valence-corrected chi connectivity index (χ4v) is 3.52. The number of anilines is 1. The van der Waals surface area contributed by atoms with E-state index in [0.717, 1.165) is 19.4 Å². The summed E-state index contributed by atoms with van der Waals surface area (Å²) in [5.41, 5.74) is 7.16. The van der Waals surface area contributed by atoms with Gasteiger partial charge in [0.1, 0.15) is 5.75 Å². The topological polar surface area (TPSA) is 55.6 Å². The van der Waals surface area contributed by atoms with E-state index in [4.69, 9.17) is 10.5 Å². The summed E-state index contributed by atoms with van der Waals surface area (Å²) in [4.78, 5) is 15.4. The average molecular weight is 304 g/mol. The maximum absolute atomic E-state index is 13.0. The van der Waals surface area contributed by atoms with Crippen molar-refractivity contribution in [1.82, 2.24) is 4.90 Å². The molecule has 0 bridgehead atoms. The highest BCUT2D eigenvalue weighted by atomic mass is 16.5. The van der Waals surface area contributed by atoms with Crippen molar-refractivity contribution in [2.24, 2.45) is 0 Å². The molecule has 2 N–H and O–H groups in total. The van der Waals surface area contributed by atoms with E-state index in [0.29, 0.717) is 23.0 Å². The third-order valence-electron chi connectivity index (χ3n) is 4.75. The Labute approximate surface area is 133 Å². The number of rotatable bonds is 6. The van der Waals surface area contributed by atoms with E-state index in [1.807, 2.05) is 6.07 Å². The molecule has 2 atom stereocenters. The van der Waals surface area contributed by atoms with Crippen LogP contribution in [0.1, 0.15) is 56.3 Å². The second-order valence-electron chi connectivity index (χ2n) is 6.04. The number of methoxy groups -OCH3 is 1. The van der Waals surface area contributed by atoms with Crippen LogP contribution in [0.4, 0.5) is 5.69 Å². The molecule has 1 heterocycles. The summed E-state index contributed by atoms with van der Waals surface area (Å²) in [6.07, 6.45) is 5.60. The molecular weight excluding hydrogens is 276 g/mol. The Kier molecular flexibility index (Phi) is 5.83. The summed E-state index contributed by atoms with van der Waals surface area (Å²) in [5.74, 6) is 0.797. The number of nitrogens with two attached hydrogens (primary N) is 1. The number of nitrogens with zero attached hydrogens (tertiary/aromatic N) is 1. The molecule has 1 saturated heterocycles. The lowest BCUT2D eigenvalue weighted by Gasteiger charge is -2.40. The summed E-state index contributed by atoms with van der Waals surface area (Å²) < 4.78 is 5.17. The minimum Gasteiger partial charge on any atom is -0.495 e. The maximum atomic E-state index is 13.0. The molecule has 0 saturated carbocycles. The number of ketones is 1. The van der Waals surface area contributed by atoms with Crippen molar-refractivity contribution in [3.05, 3.63) is 23.8 Å². The van der Waals surface area contributed by atoms with Crippen molar-refractivity contribution in [2.45, 2.75) is 58.0 Å². The molecule has 22 heavy (non-hydrogen) atoms. The number of carbonyl (C=O) groups is 1. The van der Waals surface area contributed by atoms with Gasteiger partial charge in [-0.05, 0) is 50.4 Å².